The number of furan rings is 1. The predicted molar refractivity (Wildman–Crippen MR) is 299 cm³/mol. The zero-order valence-electron chi connectivity index (χ0n) is 42.3. The van der Waals surface area contributed by atoms with Gasteiger partial charge in [-0.05, 0) is 150 Å². The minimum absolute atomic E-state index is 0.00668. The van der Waals surface area contributed by atoms with Gasteiger partial charge in [-0.15, -0.1) is 0 Å². The van der Waals surface area contributed by atoms with E-state index in [1.807, 2.05) is 41.9 Å². The fourth-order valence-corrected chi connectivity index (χ4v) is 13.7. The van der Waals surface area contributed by atoms with Crippen LogP contribution < -0.4 is 26.2 Å². The molecule has 0 saturated heterocycles. The first kappa shape index (κ1) is 43.8. The normalized spacial score (nSPS) is 14.7. The highest BCUT2D eigenvalue weighted by atomic mass is 32.2. The summed E-state index contributed by atoms with van der Waals surface area (Å²) in [5.74, 6) is 0. The first-order chi connectivity index (χ1) is 33.2. The van der Waals surface area contributed by atoms with Gasteiger partial charge in [0, 0.05) is 53.5 Å². The van der Waals surface area contributed by atoms with Crippen LogP contribution in [-0.4, -0.2) is 11.7 Å². The summed E-state index contributed by atoms with van der Waals surface area (Å²) in [6.45, 7) is 28.2. The molecule has 0 fully saturated rings. The highest BCUT2D eigenvalue weighted by Gasteiger charge is 2.49. The first-order valence-electron chi connectivity index (χ1n) is 24.9. The maximum Gasteiger partial charge on any atom is 0.252 e. The topological polar surface area (TPSA) is 32.5 Å². The smallest absolute Gasteiger partial charge is 0.252 e. The molecule has 0 N–H and O–H groups in total. The van der Waals surface area contributed by atoms with Crippen LogP contribution in [0.25, 0.3) is 44.3 Å². The second-order valence-corrected chi connectivity index (χ2v) is 26.3. The quantitative estimate of drug-likeness (QED) is 0.161. The van der Waals surface area contributed by atoms with Crippen molar-refractivity contribution in [2.75, 3.05) is 9.80 Å². The maximum atomic E-state index is 6.91. The predicted octanol–water partition coefficient (Wildman–Crippen LogP) is 16.5. The lowest BCUT2D eigenvalue weighted by molar-refractivity contribution is 0.588. The molecular formula is C63H58BN3OS2. The van der Waals surface area contributed by atoms with E-state index in [1.165, 1.54) is 92.3 Å². The van der Waals surface area contributed by atoms with Crippen molar-refractivity contribution in [3.05, 3.63) is 156 Å². The molecule has 0 unspecified atom stereocenters. The molecule has 0 atom stereocenters. The van der Waals surface area contributed by atoms with Crippen molar-refractivity contribution in [1.82, 2.24) is 4.98 Å². The Morgan fingerprint density at radius 2 is 1.00 bits per heavy atom. The van der Waals surface area contributed by atoms with Crippen LogP contribution in [0.2, 0.25) is 0 Å². The minimum atomic E-state index is -0.0575. The van der Waals surface area contributed by atoms with E-state index in [9.17, 15) is 0 Å². The number of para-hydroxylation sites is 1. The molecule has 0 aliphatic carbocycles. The number of hydrogen-bond donors (Lipinski definition) is 0. The number of aromatic nitrogens is 1. The summed E-state index contributed by atoms with van der Waals surface area (Å²) >= 11 is 3.90. The summed E-state index contributed by atoms with van der Waals surface area (Å²) in [5, 5.41) is 2.20. The van der Waals surface area contributed by atoms with Gasteiger partial charge >= 0.3 is 0 Å². The van der Waals surface area contributed by atoms with Crippen molar-refractivity contribution in [3.8, 4) is 22.4 Å². The summed E-state index contributed by atoms with van der Waals surface area (Å²) in [6, 6.07) is 48.9. The van der Waals surface area contributed by atoms with E-state index in [-0.39, 0.29) is 28.4 Å². The molecule has 0 bridgehead atoms. The van der Waals surface area contributed by atoms with Crippen LogP contribution in [0.5, 0.6) is 0 Å². The van der Waals surface area contributed by atoms with Crippen molar-refractivity contribution in [1.29, 1.82) is 0 Å². The van der Waals surface area contributed by atoms with E-state index >= 15 is 0 Å². The maximum absolute atomic E-state index is 6.91. The third-order valence-electron chi connectivity index (χ3n) is 15.3. The van der Waals surface area contributed by atoms with E-state index in [0.29, 0.717) is 0 Å². The summed E-state index contributed by atoms with van der Waals surface area (Å²) < 4.78 is 6.91. The van der Waals surface area contributed by atoms with E-state index in [2.05, 4.69) is 208 Å². The van der Waals surface area contributed by atoms with Crippen LogP contribution in [0.3, 0.4) is 0 Å². The van der Waals surface area contributed by atoms with Crippen LogP contribution in [0.15, 0.2) is 158 Å². The van der Waals surface area contributed by atoms with E-state index < -0.39 is 0 Å². The van der Waals surface area contributed by atoms with Crippen LogP contribution in [0.4, 0.5) is 34.1 Å². The Morgan fingerprint density at radius 1 is 0.457 bits per heavy atom. The Bertz CT molecular complexity index is 3570. The SMILES string of the molecule is CC(C)(C)c1ccc2c(c1)Sc1cc(C(C)(C)C)cc3c1N2c1cc(-c2ccc4c(c2)oc2c(-c5ccccn5)cccc24)cc2c1B3c1cc(C(C)(C)C)cc3c1N2c1ccc(C(C)(C)C)cc1S3. The molecule has 13 rings (SSSR count). The van der Waals surface area contributed by atoms with Gasteiger partial charge in [0.05, 0.1) is 28.4 Å². The minimum Gasteiger partial charge on any atom is -0.455 e. The molecule has 4 nitrogen and oxygen atoms in total. The van der Waals surface area contributed by atoms with Crippen molar-refractivity contribution in [2.45, 2.75) is 124 Å². The molecule has 346 valence electrons. The van der Waals surface area contributed by atoms with Gasteiger partial charge in [-0.25, -0.2) is 0 Å². The van der Waals surface area contributed by atoms with E-state index in [4.69, 9.17) is 9.40 Å². The van der Waals surface area contributed by atoms with Crippen LogP contribution in [0.1, 0.15) is 105 Å². The third kappa shape index (κ3) is 6.56. The fourth-order valence-electron chi connectivity index (χ4n) is 11.3. The summed E-state index contributed by atoms with van der Waals surface area (Å²) in [7, 11) is 0. The van der Waals surface area contributed by atoms with Crippen molar-refractivity contribution >= 4 is 103 Å². The van der Waals surface area contributed by atoms with Crippen molar-refractivity contribution in [3.63, 3.8) is 0 Å². The summed E-state index contributed by atoms with van der Waals surface area (Å²) in [5.41, 5.74) is 23.0. The number of pyridine rings is 1. The molecule has 7 aromatic carbocycles. The molecule has 70 heavy (non-hydrogen) atoms. The van der Waals surface area contributed by atoms with Crippen LogP contribution in [-0.2, 0) is 21.7 Å². The Hall–Kier alpha value is -6.15. The Morgan fingerprint density at radius 3 is 1.51 bits per heavy atom. The molecule has 0 amide bonds. The van der Waals surface area contributed by atoms with Crippen molar-refractivity contribution in [2.24, 2.45) is 0 Å². The zero-order chi connectivity index (χ0) is 48.6. The number of benzene rings is 7. The van der Waals surface area contributed by atoms with Gasteiger partial charge in [-0.3, -0.25) is 4.98 Å². The monoisotopic (exact) mass is 947 g/mol. The van der Waals surface area contributed by atoms with Gasteiger partial charge in [0.25, 0.3) is 6.71 Å². The van der Waals surface area contributed by atoms with Gasteiger partial charge in [0.15, 0.2) is 0 Å². The largest absolute Gasteiger partial charge is 0.455 e. The van der Waals surface area contributed by atoms with E-state index in [0.717, 1.165) is 44.3 Å². The van der Waals surface area contributed by atoms with Gasteiger partial charge in [0.1, 0.15) is 11.2 Å². The van der Waals surface area contributed by atoms with Crippen LogP contribution >= 0.6 is 23.5 Å². The lowest BCUT2D eigenvalue weighted by atomic mass is 9.33. The number of fused-ring (bicyclic) bond motifs is 11. The Kier molecular flexibility index (Phi) is 9.21. The average molecular weight is 948 g/mol. The van der Waals surface area contributed by atoms with Gasteiger partial charge < -0.3 is 14.2 Å². The molecule has 9 aromatic rings. The lowest BCUT2D eigenvalue weighted by Crippen LogP contribution is -2.62. The highest BCUT2D eigenvalue weighted by Crippen LogP contribution is 2.59. The number of hydrogen-bond acceptors (Lipinski definition) is 6. The first-order valence-corrected chi connectivity index (χ1v) is 26.5. The molecule has 0 radical (unpaired) electrons. The number of nitrogens with zero attached hydrogens (tertiary/aromatic N) is 3. The highest BCUT2D eigenvalue weighted by molar-refractivity contribution is 8.00. The van der Waals surface area contributed by atoms with Crippen LogP contribution in [0, 0.1) is 0 Å². The summed E-state index contributed by atoms with van der Waals surface area (Å²) in [4.78, 5) is 15.3. The fraction of sp³-hybridized carbons (Fsp3) is 0.254. The lowest BCUT2D eigenvalue weighted by Gasteiger charge is -2.48. The van der Waals surface area contributed by atoms with Gasteiger partial charge in [-0.1, -0.05) is 155 Å². The number of anilines is 6. The molecule has 6 heterocycles. The molecule has 2 aromatic heterocycles. The zero-order valence-corrected chi connectivity index (χ0v) is 44.0. The summed E-state index contributed by atoms with van der Waals surface area (Å²) in [6.07, 6.45) is 1.85. The second-order valence-electron chi connectivity index (χ2n) is 24.1. The second kappa shape index (κ2) is 14.7. The molecule has 0 spiro atoms. The van der Waals surface area contributed by atoms with Crippen molar-refractivity contribution < 1.29 is 4.42 Å². The van der Waals surface area contributed by atoms with E-state index in [1.54, 1.807) is 0 Å². The molecule has 4 aliphatic rings. The molecule has 4 aliphatic heterocycles. The standard InChI is InChI=1S/C63H58BN3OS2/c1-60(2,3)37-20-23-47-52(31-37)69-54-33-39(62(7,8)9)29-44-57(54)66(47)49-26-36(35-19-22-41-42-16-15-17-43(46-18-13-14-25-65-46)59(42)68-51(41)28-35)27-50-56(49)64(44)45-30-40(63(10,11)12)34-55-58(45)67(50)48-24-21-38(61(4,5)6)32-53(48)70-55/h13-34H,1-12H3. The number of rotatable bonds is 2. The Balaban J connectivity index is 1.13. The van der Waals surface area contributed by atoms with Gasteiger partial charge in [0.2, 0.25) is 0 Å². The molecule has 0 saturated carbocycles. The molecule has 7 heteroatoms. The Labute approximate surface area is 422 Å². The molecular weight excluding hydrogens is 890 g/mol. The van der Waals surface area contributed by atoms with Gasteiger partial charge in [-0.2, -0.15) is 0 Å². The third-order valence-corrected chi connectivity index (χ3v) is 17.4. The average Bonchev–Trinajstić information content (AvgIpc) is 3.69.